The lowest BCUT2D eigenvalue weighted by atomic mass is 10.1. The fourth-order valence-corrected chi connectivity index (χ4v) is 2.10. The minimum atomic E-state index is -0.413. The molecule has 1 fully saturated rings. The first-order valence-corrected chi connectivity index (χ1v) is 5.72. The number of anilines is 1. The van der Waals surface area contributed by atoms with Crippen LogP contribution in [-0.4, -0.2) is 37.1 Å². The number of amides is 1. The molecule has 0 bridgehead atoms. The molecule has 0 saturated carbocycles. The average Bonchev–Trinajstić information content (AvgIpc) is 2.12. The van der Waals surface area contributed by atoms with E-state index in [1.54, 1.807) is 0 Å². The molecule has 92 valence electrons. The zero-order valence-electron chi connectivity index (χ0n) is 10.4. The molecule has 0 aromatic carbocycles. The van der Waals surface area contributed by atoms with Gasteiger partial charge in [0.15, 0.2) is 0 Å². The summed E-state index contributed by atoms with van der Waals surface area (Å²) in [5.41, 5.74) is 7.77. The minimum absolute atomic E-state index is 0.391. The maximum absolute atomic E-state index is 11.5. The number of pyridine rings is 1. The van der Waals surface area contributed by atoms with Crippen LogP contribution in [0.1, 0.15) is 21.6 Å². The number of carbonyl (C=O) groups is 1. The van der Waals surface area contributed by atoms with Gasteiger partial charge in [-0.25, -0.2) is 4.98 Å². The number of nitrogens with one attached hydrogen (secondary N) is 1. The van der Waals surface area contributed by atoms with E-state index >= 15 is 0 Å². The number of hydrogen-bond acceptors (Lipinski definition) is 4. The van der Waals surface area contributed by atoms with Crippen molar-refractivity contribution in [2.24, 2.45) is 5.73 Å². The zero-order valence-corrected chi connectivity index (χ0v) is 10.4. The number of carbonyl (C=O) groups excluding carboxylic acids is 1. The summed E-state index contributed by atoms with van der Waals surface area (Å²) >= 11 is 0. The summed E-state index contributed by atoms with van der Waals surface area (Å²) in [6.45, 7) is 5.66. The van der Waals surface area contributed by atoms with Gasteiger partial charge in [0.05, 0.1) is 11.6 Å². The Balaban J connectivity index is 2.46. The second-order valence-electron chi connectivity index (χ2n) is 4.57. The van der Waals surface area contributed by atoms with Crippen molar-refractivity contribution < 1.29 is 4.79 Å². The van der Waals surface area contributed by atoms with E-state index in [9.17, 15) is 4.79 Å². The predicted octanol–water partition coefficient (Wildman–Crippen LogP) is 0.205. The summed E-state index contributed by atoms with van der Waals surface area (Å²) in [7, 11) is 1.96. The van der Waals surface area contributed by atoms with Crippen LogP contribution < -0.4 is 16.0 Å². The molecule has 3 N–H and O–H groups in total. The highest BCUT2D eigenvalue weighted by molar-refractivity contribution is 5.99. The van der Waals surface area contributed by atoms with Crippen molar-refractivity contribution in [3.63, 3.8) is 0 Å². The molecule has 17 heavy (non-hydrogen) atoms. The van der Waals surface area contributed by atoms with Gasteiger partial charge in [0, 0.05) is 25.8 Å². The number of nitrogens with two attached hydrogens (primary N) is 1. The van der Waals surface area contributed by atoms with Crippen molar-refractivity contribution in [1.29, 1.82) is 0 Å². The molecule has 0 unspecified atom stereocenters. The Kier molecular flexibility index (Phi) is 3.02. The topological polar surface area (TPSA) is 71.2 Å². The smallest absolute Gasteiger partial charge is 0.252 e. The molecule has 1 saturated heterocycles. The van der Waals surface area contributed by atoms with Gasteiger partial charge in [-0.2, -0.15) is 0 Å². The normalized spacial score (nSPS) is 15.5. The Labute approximate surface area is 101 Å². The zero-order chi connectivity index (χ0) is 12.6. The van der Waals surface area contributed by atoms with Crippen LogP contribution >= 0.6 is 0 Å². The first kappa shape index (κ1) is 11.9. The summed E-state index contributed by atoms with van der Waals surface area (Å²) in [5.74, 6) is 0.283. The number of primary amides is 1. The van der Waals surface area contributed by atoms with E-state index in [0.29, 0.717) is 17.4 Å². The van der Waals surface area contributed by atoms with Crippen molar-refractivity contribution in [3.05, 3.63) is 22.9 Å². The molecule has 1 aromatic heterocycles. The van der Waals surface area contributed by atoms with Crippen LogP contribution in [-0.2, 0) is 0 Å². The van der Waals surface area contributed by atoms with E-state index < -0.39 is 5.91 Å². The highest BCUT2D eigenvalue weighted by Crippen LogP contribution is 2.23. The third kappa shape index (κ3) is 2.10. The number of likely N-dealkylation sites (N-methyl/N-ethyl adjacent to an activating group) is 1. The fourth-order valence-electron chi connectivity index (χ4n) is 2.10. The largest absolute Gasteiger partial charge is 0.365 e. The molecule has 5 heteroatoms. The van der Waals surface area contributed by atoms with Gasteiger partial charge in [0.1, 0.15) is 5.82 Å². The summed E-state index contributed by atoms with van der Waals surface area (Å²) in [6.07, 6.45) is 0. The first-order chi connectivity index (χ1) is 8.00. The average molecular weight is 234 g/mol. The van der Waals surface area contributed by atoms with Crippen LogP contribution in [0.3, 0.4) is 0 Å². The van der Waals surface area contributed by atoms with Gasteiger partial charge >= 0.3 is 0 Å². The van der Waals surface area contributed by atoms with E-state index in [2.05, 4.69) is 10.3 Å². The van der Waals surface area contributed by atoms with Gasteiger partial charge in [0.2, 0.25) is 0 Å². The first-order valence-electron chi connectivity index (χ1n) is 5.72. The fraction of sp³-hybridized carbons (Fsp3) is 0.500. The highest BCUT2D eigenvalue weighted by atomic mass is 16.1. The number of nitrogens with zero attached hydrogens (tertiary/aromatic N) is 2. The summed E-state index contributed by atoms with van der Waals surface area (Å²) in [4.78, 5) is 18.0. The molecule has 2 heterocycles. The second kappa shape index (κ2) is 4.33. The van der Waals surface area contributed by atoms with Gasteiger partial charge in [-0.3, -0.25) is 4.79 Å². The van der Waals surface area contributed by atoms with Crippen molar-refractivity contribution in [2.75, 3.05) is 25.0 Å². The van der Waals surface area contributed by atoms with Crippen molar-refractivity contribution in [1.82, 2.24) is 10.3 Å². The van der Waals surface area contributed by atoms with E-state index in [-0.39, 0.29) is 0 Å². The van der Waals surface area contributed by atoms with Crippen molar-refractivity contribution >= 4 is 11.7 Å². The lowest BCUT2D eigenvalue weighted by Crippen LogP contribution is -2.56. The van der Waals surface area contributed by atoms with E-state index in [1.807, 2.05) is 31.9 Å². The summed E-state index contributed by atoms with van der Waals surface area (Å²) < 4.78 is 0. The Morgan fingerprint density at radius 2 is 2.18 bits per heavy atom. The van der Waals surface area contributed by atoms with Gasteiger partial charge in [-0.1, -0.05) is 0 Å². The minimum Gasteiger partial charge on any atom is -0.365 e. The maximum Gasteiger partial charge on any atom is 0.252 e. The van der Waals surface area contributed by atoms with Gasteiger partial charge in [-0.05, 0) is 25.5 Å². The van der Waals surface area contributed by atoms with Crippen molar-refractivity contribution in [2.45, 2.75) is 19.9 Å². The molecule has 2 rings (SSSR count). The number of aryl methyl sites for hydroxylation is 2. The van der Waals surface area contributed by atoms with Crippen LogP contribution in [0.25, 0.3) is 0 Å². The standard InChI is InChI=1S/C12H18N4O/c1-7-4-8(2)15-12(10(7)11(13)17)16(3)9-5-14-6-9/h4,9,14H,5-6H2,1-3H3,(H2,13,17). The highest BCUT2D eigenvalue weighted by Gasteiger charge is 2.26. The molecule has 0 radical (unpaired) electrons. The monoisotopic (exact) mass is 234 g/mol. The number of rotatable bonds is 3. The van der Waals surface area contributed by atoms with Gasteiger partial charge < -0.3 is 16.0 Å². The van der Waals surface area contributed by atoms with E-state index in [4.69, 9.17) is 5.73 Å². The van der Waals surface area contributed by atoms with Crippen LogP contribution in [0.15, 0.2) is 6.07 Å². The predicted molar refractivity (Wildman–Crippen MR) is 67.3 cm³/mol. The molecule has 0 spiro atoms. The molecule has 1 aliphatic heterocycles. The number of aromatic nitrogens is 1. The van der Waals surface area contributed by atoms with Gasteiger partial charge in [0.25, 0.3) is 5.91 Å². The Hall–Kier alpha value is -1.62. The lowest BCUT2D eigenvalue weighted by molar-refractivity contribution is 0.0999. The van der Waals surface area contributed by atoms with E-state index in [0.717, 1.165) is 24.3 Å². The molecule has 5 nitrogen and oxygen atoms in total. The van der Waals surface area contributed by atoms with Gasteiger partial charge in [-0.15, -0.1) is 0 Å². The SMILES string of the molecule is Cc1cc(C)c(C(N)=O)c(N(C)C2CNC2)n1. The summed E-state index contributed by atoms with van der Waals surface area (Å²) in [6, 6.07) is 2.28. The number of hydrogen-bond donors (Lipinski definition) is 2. The Bertz CT molecular complexity index is 454. The third-order valence-corrected chi connectivity index (χ3v) is 3.21. The molecule has 1 aliphatic rings. The van der Waals surface area contributed by atoms with E-state index in [1.165, 1.54) is 0 Å². The lowest BCUT2D eigenvalue weighted by Gasteiger charge is -2.37. The Morgan fingerprint density at radius 1 is 1.53 bits per heavy atom. The van der Waals surface area contributed by atoms with Crippen LogP contribution in [0.5, 0.6) is 0 Å². The molecular weight excluding hydrogens is 216 g/mol. The summed E-state index contributed by atoms with van der Waals surface area (Å²) in [5, 5.41) is 3.20. The molecule has 1 aromatic rings. The van der Waals surface area contributed by atoms with Crippen LogP contribution in [0.4, 0.5) is 5.82 Å². The molecular formula is C12H18N4O. The molecule has 1 amide bonds. The van der Waals surface area contributed by atoms with Crippen molar-refractivity contribution in [3.8, 4) is 0 Å². The maximum atomic E-state index is 11.5. The molecule has 0 aliphatic carbocycles. The quantitative estimate of drug-likeness (QED) is 0.784. The second-order valence-corrected chi connectivity index (χ2v) is 4.57. The molecule has 0 atom stereocenters. The third-order valence-electron chi connectivity index (χ3n) is 3.21. The van der Waals surface area contributed by atoms with Crippen LogP contribution in [0.2, 0.25) is 0 Å². The van der Waals surface area contributed by atoms with Crippen LogP contribution in [0, 0.1) is 13.8 Å². The Morgan fingerprint density at radius 3 is 2.65 bits per heavy atom.